The van der Waals surface area contributed by atoms with E-state index in [1.807, 2.05) is 4.90 Å². The van der Waals surface area contributed by atoms with Crippen molar-refractivity contribution in [3.63, 3.8) is 0 Å². The molecule has 2 bridgehead atoms. The highest BCUT2D eigenvalue weighted by Crippen LogP contribution is 2.52. The highest BCUT2D eigenvalue weighted by atomic mass is 32.2. The molecule has 10 heteroatoms. The minimum absolute atomic E-state index is 0.0507. The number of hydrogen-bond acceptors (Lipinski definition) is 6. The van der Waals surface area contributed by atoms with Gasteiger partial charge in [-0.05, 0) is 54.4 Å². The van der Waals surface area contributed by atoms with Crippen molar-refractivity contribution in [3.05, 3.63) is 24.3 Å². The summed E-state index contributed by atoms with van der Waals surface area (Å²) in [6.07, 6.45) is 3.23. The van der Waals surface area contributed by atoms with Crippen LogP contribution in [0.15, 0.2) is 29.4 Å². The molecule has 1 aliphatic heterocycles. The van der Waals surface area contributed by atoms with E-state index in [0.29, 0.717) is 22.6 Å². The van der Waals surface area contributed by atoms with E-state index in [1.54, 1.807) is 12.1 Å². The molecule has 2 N–H and O–H groups in total. The molecule has 1 aromatic heterocycles. The maximum atomic E-state index is 13.0. The van der Waals surface area contributed by atoms with Gasteiger partial charge >= 0.3 is 6.61 Å². The van der Waals surface area contributed by atoms with E-state index in [2.05, 4.69) is 35.7 Å². The number of carbonyl (C=O) groups excluding carboxylic acids is 1. The zero-order valence-electron chi connectivity index (χ0n) is 17.8. The summed E-state index contributed by atoms with van der Waals surface area (Å²) in [4.78, 5) is 15.0. The fourth-order valence-electron chi connectivity index (χ4n) is 5.32. The topological polar surface area (TPSA) is 86.3 Å². The second-order valence-corrected chi connectivity index (χ2v) is 10.5. The van der Waals surface area contributed by atoms with E-state index >= 15 is 0 Å². The Bertz CT molecular complexity index is 965. The largest absolute Gasteiger partial charge is 0.435 e. The molecule has 0 unspecified atom stereocenters. The maximum Gasteiger partial charge on any atom is 0.387 e. The quantitative estimate of drug-likeness (QED) is 0.531. The SMILES string of the molecule is CC1(C)C[C@@H]2C[C@](C)(CN2C(=O)CSc2nnc(-c3ccc(OC(F)F)cc3)n2N)C1. The van der Waals surface area contributed by atoms with E-state index in [0.717, 1.165) is 25.8 Å². The molecular formula is C21H27F2N5O2S. The third-order valence-electron chi connectivity index (χ3n) is 6.06. The Morgan fingerprint density at radius 2 is 1.97 bits per heavy atom. The lowest BCUT2D eigenvalue weighted by atomic mass is 9.65. The number of hydrogen-bond donors (Lipinski definition) is 1. The number of thioether (sulfide) groups is 1. The first-order valence-electron chi connectivity index (χ1n) is 10.2. The van der Waals surface area contributed by atoms with Crippen molar-refractivity contribution in [1.82, 2.24) is 19.8 Å². The first-order valence-corrected chi connectivity index (χ1v) is 11.2. The Morgan fingerprint density at radius 1 is 1.26 bits per heavy atom. The summed E-state index contributed by atoms with van der Waals surface area (Å²) in [5.41, 5.74) is 1.05. The number of aromatic nitrogens is 3. The minimum atomic E-state index is -2.88. The number of nitrogens with two attached hydrogens (primary N) is 1. The van der Waals surface area contributed by atoms with Crippen molar-refractivity contribution in [2.45, 2.75) is 57.8 Å². The van der Waals surface area contributed by atoms with E-state index in [-0.39, 0.29) is 28.2 Å². The normalized spacial score (nSPS) is 24.6. The Balaban J connectivity index is 1.40. The van der Waals surface area contributed by atoms with Crippen molar-refractivity contribution in [3.8, 4) is 17.1 Å². The first kappa shape index (κ1) is 21.9. The molecule has 0 spiro atoms. The summed E-state index contributed by atoms with van der Waals surface area (Å²) < 4.78 is 30.3. The van der Waals surface area contributed by atoms with Gasteiger partial charge < -0.3 is 15.5 Å². The van der Waals surface area contributed by atoms with Crippen LogP contribution in [0.2, 0.25) is 0 Å². The molecule has 7 nitrogen and oxygen atoms in total. The summed E-state index contributed by atoms with van der Waals surface area (Å²) in [5.74, 6) is 6.89. The Kier molecular flexibility index (Phi) is 5.61. The van der Waals surface area contributed by atoms with Gasteiger partial charge in [0.05, 0.1) is 5.75 Å². The van der Waals surface area contributed by atoms with Gasteiger partial charge in [0.15, 0.2) is 5.82 Å². The summed E-state index contributed by atoms with van der Waals surface area (Å²) in [7, 11) is 0. The van der Waals surface area contributed by atoms with Crippen LogP contribution >= 0.6 is 11.8 Å². The molecule has 168 valence electrons. The van der Waals surface area contributed by atoms with Crippen LogP contribution in [0.1, 0.15) is 40.0 Å². The average Bonchev–Trinajstić information content (AvgIpc) is 3.15. The zero-order chi connectivity index (χ0) is 22.4. The molecule has 31 heavy (non-hydrogen) atoms. The Hall–Kier alpha value is -2.36. The number of amides is 1. The van der Waals surface area contributed by atoms with Crippen molar-refractivity contribution >= 4 is 17.7 Å². The molecule has 1 aliphatic carbocycles. The van der Waals surface area contributed by atoms with Gasteiger partial charge in [-0.3, -0.25) is 4.79 Å². The number of carbonyl (C=O) groups is 1. The number of halogens is 2. The van der Waals surface area contributed by atoms with Crippen molar-refractivity contribution in [1.29, 1.82) is 0 Å². The summed E-state index contributed by atoms with van der Waals surface area (Å²) in [5, 5.41) is 8.60. The Morgan fingerprint density at radius 3 is 2.65 bits per heavy atom. The number of alkyl halides is 2. The van der Waals surface area contributed by atoms with Gasteiger partial charge in [0.25, 0.3) is 0 Å². The zero-order valence-corrected chi connectivity index (χ0v) is 18.7. The van der Waals surface area contributed by atoms with E-state index in [1.165, 1.54) is 28.6 Å². The van der Waals surface area contributed by atoms with Crippen LogP contribution in [0.4, 0.5) is 8.78 Å². The van der Waals surface area contributed by atoms with Crippen LogP contribution < -0.4 is 10.6 Å². The standard InChI is InChI=1S/C21H27F2N5O2S/c1-20(2)8-14-9-21(3,11-20)12-27(14)16(29)10-31-19-26-25-17(28(19)24)13-4-6-15(7-5-13)30-18(22)23/h4-7,14,18H,8-12,24H2,1-3H3/t14-,21+/m1/s1. The molecule has 2 atom stereocenters. The van der Waals surface area contributed by atoms with E-state index in [9.17, 15) is 13.6 Å². The van der Waals surface area contributed by atoms with Gasteiger partial charge in [-0.2, -0.15) is 8.78 Å². The number of fused-ring (bicyclic) bond motifs is 2. The number of nitrogen functional groups attached to an aromatic ring is 1. The van der Waals surface area contributed by atoms with Gasteiger partial charge in [-0.1, -0.05) is 32.5 Å². The van der Waals surface area contributed by atoms with E-state index < -0.39 is 6.61 Å². The van der Waals surface area contributed by atoms with Crippen LogP contribution in [-0.2, 0) is 4.79 Å². The fourth-order valence-corrected chi connectivity index (χ4v) is 6.06. The number of nitrogens with zero attached hydrogens (tertiary/aromatic N) is 4. The smallest absolute Gasteiger partial charge is 0.387 e. The Labute approximate surface area is 184 Å². The molecule has 2 fully saturated rings. The van der Waals surface area contributed by atoms with E-state index in [4.69, 9.17) is 5.84 Å². The third kappa shape index (κ3) is 4.63. The average molecular weight is 452 g/mol. The van der Waals surface area contributed by atoms with Crippen molar-refractivity contribution in [2.24, 2.45) is 10.8 Å². The predicted molar refractivity (Wildman–Crippen MR) is 114 cm³/mol. The number of rotatable bonds is 6. The highest BCUT2D eigenvalue weighted by molar-refractivity contribution is 7.99. The lowest BCUT2D eigenvalue weighted by Crippen LogP contribution is -2.38. The molecular weight excluding hydrogens is 424 g/mol. The van der Waals surface area contributed by atoms with Gasteiger partial charge in [0, 0.05) is 18.2 Å². The van der Waals surface area contributed by atoms with Crippen LogP contribution in [-0.4, -0.2) is 50.6 Å². The van der Waals surface area contributed by atoms with Gasteiger partial charge in [-0.25, -0.2) is 4.68 Å². The predicted octanol–water partition coefficient (Wildman–Crippen LogP) is 3.78. The monoisotopic (exact) mass is 451 g/mol. The molecule has 2 aliphatic rings. The molecule has 1 saturated carbocycles. The minimum Gasteiger partial charge on any atom is -0.435 e. The second-order valence-electron chi connectivity index (χ2n) is 9.60. The highest BCUT2D eigenvalue weighted by Gasteiger charge is 2.50. The van der Waals surface area contributed by atoms with Crippen LogP contribution in [0.3, 0.4) is 0 Å². The number of likely N-dealkylation sites (tertiary alicyclic amines) is 1. The molecule has 4 rings (SSSR count). The first-order chi connectivity index (χ1) is 14.6. The molecule has 1 aromatic carbocycles. The van der Waals surface area contributed by atoms with Gasteiger partial charge in [0.1, 0.15) is 5.75 Å². The lowest BCUT2D eigenvalue weighted by molar-refractivity contribution is -0.129. The van der Waals surface area contributed by atoms with Crippen molar-refractivity contribution in [2.75, 3.05) is 18.1 Å². The molecule has 2 aromatic rings. The van der Waals surface area contributed by atoms with Crippen LogP contribution in [0.25, 0.3) is 11.4 Å². The summed E-state index contributed by atoms with van der Waals surface area (Å²) in [6, 6.07) is 6.29. The fraction of sp³-hybridized carbons (Fsp3) is 0.571. The third-order valence-corrected chi connectivity index (χ3v) is 6.99. The van der Waals surface area contributed by atoms with Crippen LogP contribution in [0.5, 0.6) is 5.75 Å². The molecule has 2 heterocycles. The lowest BCUT2D eigenvalue weighted by Gasteiger charge is -2.39. The maximum absolute atomic E-state index is 13.0. The van der Waals surface area contributed by atoms with Gasteiger partial charge in [-0.15, -0.1) is 10.2 Å². The van der Waals surface area contributed by atoms with Crippen LogP contribution in [0, 0.1) is 10.8 Å². The summed E-state index contributed by atoms with van der Waals surface area (Å²) >= 11 is 1.25. The molecule has 1 amide bonds. The van der Waals surface area contributed by atoms with Crippen molar-refractivity contribution < 1.29 is 18.3 Å². The summed E-state index contributed by atoms with van der Waals surface area (Å²) in [6.45, 7) is 4.76. The number of ether oxygens (including phenoxy) is 1. The second kappa shape index (κ2) is 7.96. The number of benzene rings is 1. The molecule has 0 radical (unpaired) electrons. The van der Waals surface area contributed by atoms with Gasteiger partial charge in [0.2, 0.25) is 11.1 Å². The molecule has 1 saturated heterocycles.